The van der Waals surface area contributed by atoms with E-state index in [1.165, 1.54) is 31.2 Å². The predicted molar refractivity (Wildman–Crippen MR) is 71.8 cm³/mol. The van der Waals surface area contributed by atoms with E-state index < -0.39 is 0 Å². The van der Waals surface area contributed by atoms with Crippen LogP contribution in [0.5, 0.6) is 0 Å². The van der Waals surface area contributed by atoms with Crippen molar-refractivity contribution in [1.82, 2.24) is 5.32 Å². The molecule has 16 heavy (non-hydrogen) atoms. The molecule has 90 valence electrons. The van der Waals surface area contributed by atoms with Gasteiger partial charge in [0, 0.05) is 5.54 Å². The molecule has 1 heteroatoms. The van der Waals surface area contributed by atoms with Crippen LogP contribution in [0.15, 0.2) is 30.3 Å². The molecule has 1 N–H and O–H groups in total. The van der Waals surface area contributed by atoms with Crippen molar-refractivity contribution in [3.8, 4) is 0 Å². The van der Waals surface area contributed by atoms with Gasteiger partial charge in [0.15, 0.2) is 0 Å². The van der Waals surface area contributed by atoms with Crippen molar-refractivity contribution >= 4 is 0 Å². The summed E-state index contributed by atoms with van der Waals surface area (Å²) in [6, 6.07) is 10.7. The van der Waals surface area contributed by atoms with Crippen LogP contribution in [0.3, 0.4) is 0 Å². The monoisotopic (exact) mass is 219 g/mol. The number of aryl methyl sites for hydroxylation is 1. The number of rotatable bonds is 7. The van der Waals surface area contributed by atoms with Gasteiger partial charge < -0.3 is 5.32 Å². The first-order valence-electron chi connectivity index (χ1n) is 6.49. The van der Waals surface area contributed by atoms with Crippen LogP contribution in [-0.4, -0.2) is 12.1 Å². The molecule has 0 aliphatic carbocycles. The number of benzene rings is 1. The van der Waals surface area contributed by atoms with Crippen molar-refractivity contribution < 1.29 is 0 Å². The van der Waals surface area contributed by atoms with Gasteiger partial charge in [-0.1, -0.05) is 44.2 Å². The minimum Gasteiger partial charge on any atom is -0.312 e. The molecular weight excluding hydrogens is 194 g/mol. The van der Waals surface area contributed by atoms with Gasteiger partial charge in [0.2, 0.25) is 0 Å². The lowest BCUT2D eigenvalue weighted by atomic mass is 9.95. The van der Waals surface area contributed by atoms with Crippen molar-refractivity contribution in [3.05, 3.63) is 35.9 Å². The van der Waals surface area contributed by atoms with E-state index in [-0.39, 0.29) is 0 Å². The molecule has 0 saturated carbocycles. The van der Waals surface area contributed by atoms with Gasteiger partial charge >= 0.3 is 0 Å². The predicted octanol–water partition coefficient (Wildman–Crippen LogP) is 3.79. The lowest BCUT2D eigenvalue weighted by Crippen LogP contribution is -2.41. The Labute approximate surface area is 100 Å². The summed E-state index contributed by atoms with van der Waals surface area (Å²) in [7, 11) is 0. The van der Waals surface area contributed by atoms with E-state index in [9.17, 15) is 0 Å². The molecule has 0 atom stereocenters. The Morgan fingerprint density at radius 1 is 1.06 bits per heavy atom. The highest BCUT2D eigenvalue weighted by Crippen LogP contribution is 2.13. The van der Waals surface area contributed by atoms with E-state index in [1.54, 1.807) is 0 Å². The van der Waals surface area contributed by atoms with Crippen LogP contribution in [0, 0.1) is 0 Å². The number of hydrogen-bond acceptors (Lipinski definition) is 1. The van der Waals surface area contributed by atoms with E-state index in [1.807, 2.05) is 0 Å². The Bertz CT molecular complexity index is 275. The van der Waals surface area contributed by atoms with Crippen molar-refractivity contribution in [2.45, 2.75) is 52.0 Å². The van der Waals surface area contributed by atoms with Crippen LogP contribution in [0.1, 0.15) is 45.6 Å². The average Bonchev–Trinajstić information content (AvgIpc) is 2.36. The molecule has 0 radical (unpaired) electrons. The Morgan fingerprint density at radius 3 is 2.25 bits per heavy atom. The fraction of sp³-hybridized carbons (Fsp3) is 0.600. The average molecular weight is 219 g/mol. The van der Waals surface area contributed by atoms with E-state index in [4.69, 9.17) is 0 Å². The first kappa shape index (κ1) is 13.2. The molecule has 0 aromatic heterocycles. The van der Waals surface area contributed by atoms with Crippen LogP contribution in [0.4, 0.5) is 0 Å². The Kier molecular flexibility index (Phi) is 5.54. The zero-order valence-corrected chi connectivity index (χ0v) is 10.9. The van der Waals surface area contributed by atoms with Crippen molar-refractivity contribution in [3.63, 3.8) is 0 Å². The van der Waals surface area contributed by atoms with Gasteiger partial charge in [-0.25, -0.2) is 0 Å². The van der Waals surface area contributed by atoms with Crippen molar-refractivity contribution in [2.75, 3.05) is 6.54 Å². The van der Waals surface area contributed by atoms with Gasteiger partial charge in [-0.05, 0) is 44.7 Å². The van der Waals surface area contributed by atoms with E-state index >= 15 is 0 Å². The molecule has 0 spiro atoms. The maximum absolute atomic E-state index is 3.67. The Balaban J connectivity index is 2.22. The van der Waals surface area contributed by atoms with E-state index in [0.29, 0.717) is 5.54 Å². The zero-order chi connectivity index (χ0) is 11.9. The fourth-order valence-electron chi connectivity index (χ4n) is 1.83. The number of hydrogen-bond donors (Lipinski definition) is 1. The molecule has 0 saturated heterocycles. The fourth-order valence-corrected chi connectivity index (χ4v) is 1.83. The molecule has 0 bridgehead atoms. The summed E-state index contributed by atoms with van der Waals surface area (Å²) < 4.78 is 0. The van der Waals surface area contributed by atoms with Crippen LogP contribution in [-0.2, 0) is 6.42 Å². The summed E-state index contributed by atoms with van der Waals surface area (Å²) in [5.74, 6) is 0. The van der Waals surface area contributed by atoms with Gasteiger partial charge in [-0.15, -0.1) is 0 Å². The van der Waals surface area contributed by atoms with Crippen LogP contribution < -0.4 is 5.32 Å². The molecule has 0 amide bonds. The van der Waals surface area contributed by atoms with Gasteiger partial charge in [-0.2, -0.15) is 0 Å². The molecule has 0 aliphatic rings. The van der Waals surface area contributed by atoms with Crippen LogP contribution in [0.25, 0.3) is 0 Å². The standard InChI is InChI=1S/C15H25N/c1-4-15(3,5-2)16-13-9-12-14-10-7-6-8-11-14/h6-8,10-11,16H,4-5,9,12-13H2,1-3H3. The molecule has 0 aliphatic heterocycles. The van der Waals surface area contributed by atoms with Crippen molar-refractivity contribution in [2.24, 2.45) is 0 Å². The first-order valence-corrected chi connectivity index (χ1v) is 6.49. The molecule has 1 rings (SSSR count). The van der Waals surface area contributed by atoms with Crippen molar-refractivity contribution in [1.29, 1.82) is 0 Å². The minimum absolute atomic E-state index is 0.330. The SMILES string of the molecule is CCC(C)(CC)NCCCc1ccccc1. The summed E-state index contributed by atoms with van der Waals surface area (Å²) in [4.78, 5) is 0. The summed E-state index contributed by atoms with van der Waals surface area (Å²) in [6.07, 6.45) is 4.81. The maximum atomic E-state index is 3.67. The van der Waals surface area contributed by atoms with Gasteiger partial charge in [-0.3, -0.25) is 0 Å². The molecule has 1 aromatic rings. The zero-order valence-electron chi connectivity index (χ0n) is 10.9. The first-order chi connectivity index (χ1) is 7.70. The molecular formula is C15H25N. The second-order valence-corrected chi connectivity index (χ2v) is 4.78. The van der Waals surface area contributed by atoms with E-state index in [0.717, 1.165) is 6.54 Å². The topological polar surface area (TPSA) is 12.0 Å². The molecule has 0 fully saturated rings. The summed E-state index contributed by atoms with van der Waals surface area (Å²) in [6.45, 7) is 7.95. The highest BCUT2D eigenvalue weighted by atomic mass is 15.0. The second kappa shape index (κ2) is 6.70. The quantitative estimate of drug-likeness (QED) is 0.688. The molecule has 0 unspecified atom stereocenters. The lowest BCUT2D eigenvalue weighted by Gasteiger charge is -2.28. The highest BCUT2D eigenvalue weighted by molar-refractivity contribution is 5.14. The van der Waals surface area contributed by atoms with E-state index in [2.05, 4.69) is 56.4 Å². The van der Waals surface area contributed by atoms with Crippen LogP contribution >= 0.6 is 0 Å². The summed E-state index contributed by atoms with van der Waals surface area (Å²) >= 11 is 0. The third-order valence-electron chi connectivity index (χ3n) is 3.60. The highest BCUT2D eigenvalue weighted by Gasteiger charge is 2.17. The largest absolute Gasteiger partial charge is 0.312 e. The summed E-state index contributed by atoms with van der Waals surface area (Å²) in [5.41, 5.74) is 1.77. The molecule has 1 nitrogen and oxygen atoms in total. The second-order valence-electron chi connectivity index (χ2n) is 4.78. The molecule has 0 heterocycles. The third kappa shape index (κ3) is 4.36. The maximum Gasteiger partial charge on any atom is 0.0148 e. The number of nitrogens with one attached hydrogen (secondary N) is 1. The third-order valence-corrected chi connectivity index (χ3v) is 3.60. The van der Waals surface area contributed by atoms with Gasteiger partial charge in [0.25, 0.3) is 0 Å². The van der Waals surface area contributed by atoms with Gasteiger partial charge in [0.05, 0.1) is 0 Å². The van der Waals surface area contributed by atoms with Crippen LogP contribution in [0.2, 0.25) is 0 Å². The smallest absolute Gasteiger partial charge is 0.0148 e. The normalized spacial score (nSPS) is 11.7. The Hall–Kier alpha value is -0.820. The lowest BCUT2D eigenvalue weighted by molar-refractivity contribution is 0.330. The van der Waals surface area contributed by atoms with Gasteiger partial charge in [0.1, 0.15) is 0 Å². The summed E-state index contributed by atoms with van der Waals surface area (Å²) in [5, 5.41) is 3.67. The molecule has 1 aromatic carbocycles. The minimum atomic E-state index is 0.330. The Morgan fingerprint density at radius 2 is 1.69 bits per heavy atom.